The number of rotatable bonds is 6. The summed E-state index contributed by atoms with van der Waals surface area (Å²) in [5.41, 5.74) is 0.914. The van der Waals surface area contributed by atoms with Gasteiger partial charge in [-0.2, -0.15) is 5.26 Å². The van der Waals surface area contributed by atoms with Crippen molar-refractivity contribution in [2.24, 2.45) is 0 Å². The molecule has 2 aromatic rings. The van der Waals surface area contributed by atoms with Crippen molar-refractivity contribution < 1.29 is 14.6 Å². The van der Waals surface area contributed by atoms with Gasteiger partial charge in [-0.1, -0.05) is 12.1 Å². The average Bonchev–Trinajstić information content (AvgIpc) is 2.55. The number of aromatic nitrogens is 2. The van der Waals surface area contributed by atoms with Crippen LogP contribution in [0.1, 0.15) is 11.3 Å². The third-order valence-electron chi connectivity index (χ3n) is 2.71. The lowest BCUT2D eigenvalue weighted by Crippen LogP contribution is -2.27. The number of benzene rings is 1. The first-order chi connectivity index (χ1) is 10.7. The van der Waals surface area contributed by atoms with Crippen LogP contribution in [-0.2, 0) is 11.2 Å². The number of ether oxygens (including phenoxy) is 1. The SMILES string of the molecule is N#Cc1nccnc1Oc1ccc(CC(=O)NCCO)cc1. The second-order valence-corrected chi connectivity index (χ2v) is 4.32. The van der Waals surface area contributed by atoms with E-state index < -0.39 is 0 Å². The van der Waals surface area contributed by atoms with Crippen LogP contribution >= 0.6 is 0 Å². The fourth-order valence-corrected chi connectivity index (χ4v) is 1.71. The first kappa shape index (κ1) is 15.4. The van der Waals surface area contributed by atoms with E-state index in [0.717, 1.165) is 5.56 Å². The third kappa shape index (κ3) is 4.26. The lowest BCUT2D eigenvalue weighted by molar-refractivity contribution is -0.120. The van der Waals surface area contributed by atoms with E-state index in [4.69, 9.17) is 15.1 Å². The van der Waals surface area contributed by atoms with Crippen LogP contribution in [0.5, 0.6) is 11.6 Å². The quantitative estimate of drug-likeness (QED) is 0.816. The number of aliphatic hydroxyl groups is 1. The fraction of sp³-hybridized carbons (Fsp3) is 0.200. The van der Waals surface area contributed by atoms with E-state index >= 15 is 0 Å². The zero-order valence-electron chi connectivity index (χ0n) is 11.7. The van der Waals surface area contributed by atoms with Gasteiger partial charge in [0.1, 0.15) is 11.8 Å². The molecule has 1 aromatic carbocycles. The molecule has 0 saturated heterocycles. The Morgan fingerprint density at radius 3 is 2.68 bits per heavy atom. The van der Waals surface area contributed by atoms with E-state index in [0.29, 0.717) is 5.75 Å². The van der Waals surface area contributed by atoms with E-state index in [2.05, 4.69) is 15.3 Å². The van der Waals surface area contributed by atoms with Crippen molar-refractivity contribution in [2.75, 3.05) is 13.2 Å². The molecule has 0 unspecified atom stereocenters. The lowest BCUT2D eigenvalue weighted by Gasteiger charge is -2.07. The molecule has 0 aliphatic heterocycles. The average molecular weight is 298 g/mol. The molecular weight excluding hydrogens is 284 g/mol. The number of hydrogen-bond acceptors (Lipinski definition) is 6. The number of carbonyl (C=O) groups is 1. The van der Waals surface area contributed by atoms with Gasteiger partial charge in [0.25, 0.3) is 5.88 Å². The summed E-state index contributed by atoms with van der Waals surface area (Å²) in [6.45, 7) is 0.154. The van der Waals surface area contributed by atoms with Gasteiger partial charge < -0.3 is 15.2 Å². The highest BCUT2D eigenvalue weighted by molar-refractivity contribution is 5.78. The number of nitrogens with zero attached hydrogens (tertiary/aromatic N) is 3. The van der Waals surface area contributed by atoms with E-state index in [9.17, 15) is 4.79 Å². The normalized spacial score (nSPS) is 9.82. The zero-order chi connectivity index (χ0) is 15.8. The molecule has 112 valence electrons. The Hall–Kier alpha value is -2.98. The van der Waals surface area contributed by atoms with Crippen LogP contribution in [0.25, 0.3) is 0 Å². The van der Waals surface area contributed by atoms with Crippen molar-refractivity contribution in [1.82, 2.24) is 15.3 Å². The molecule has 0 fully saturated rings. The molecule has 2 N–H and O–H groups in total. The number of carbonyl (C=O) groups excluding carboxylic acids is 1. The molecule has 0 aliphatic rings. The number of amides is 1. The highest BCUT2D eigenvalue weighted by Gasteiger charge is 2.07. The van der Waals surface area contributed by atoms with Gasteiger partial charge in [-0.25, -0.2) is 9.97 Å². The summed E-state index contributed by atoms with van der Waals surface area (Å²) in [6, 6.07) is 8.76. The predicted molar refractivity (Wildman–Crippen MR) is 77.1 cm³/mol. The minimum atomic E-state index is -0.164. The van der Waals surface area contributed by atoms with Crippen molar-refractivity contribution in [3.8, 4) is 17.7 Å². The zero-order valence-corrected chi connectivity index (χ0v) is 11.7. The Morgan fingerprint density at radius 2 is 2.00 bits per heavy atom. The number of aliphatic hydroxyl groups excluding tert-OH is 1. The van der Waals surface area contributed by atoms with Gasteiger partial charge in [0.15, 0.2) is 0 Å². The Balaban J connectivity index is 2.00. The minimum Gasteiger partial charge on any atom is -0.437 e. The molecule has 1 heterocycles. The van der Waals surface area contributed by atoms with Crippen LogP contribution in [0.2, 0.25) is 0 Å². The Morgan fingerprint density at radius 1 is 1.27 bits per heavy atom. The van der Waals surface area contributed by atoms with Gasteiger partial charge in [0.05, 0.1) is 13.0 Å². The summed E-state index contributed by atoms with van der Waals surface area (Å²) < 4.78 is 5.50. The summed E-state index contributed by atoms with van der Waals surface area (Å²) in [4.78, 5) is 19.3. The molecule has 0 atom stereocenters. The van der Waals surface area contributed by atoms with Crippen molar-refractivity contribution in [3.05, 3.63) is 47.9 Å². The first-order valence-corrected chi connectivity index (χ1v) is 6.58. The second-order valence-electron chi connectivity index (χ2n) is 4.32. The Bertz CT molecular complexity index is 680. The van der Waals surface area contributed by atoms with E-state index in [1.54, 1.807) is 24.3 Å². The van der Waals surface area contributed by atoms with Crippen LogP contribution in [-0.4, -0.2) is 34.1 Å². The summed E-state index contributed by atoms with van der Waals surface area (Å²) in [7, 11) is 0. The maximum atomic E-state index is 11.5. The lowest BCUT2D eigenvalue weighted by atomic mass is 10.1. The van der Waals surface area contributed by atoms with Crippen molar-refractivity contribution >= 4 is 5.91 Å². The molecule has 1 aromatic heterocycles. The van der Waals surface area contributed by atoms with Crippen molar-refractivity contribution in [1.29, 1.82) is 5.26 Å². The van der Waals surface area contributed by atoms with Crippen molar-refractivity contribution in [3.63, 3.8) is 0 Å². The fourth-order valence-electron chi connectivity index (χ4n) is 1.71. The molecule has 0 aliphatic carbocycles. The maximum absolute atomic E-state index is 11.5. The van der Waals surface area contributed by atoms with Gasteiger partial charge in [0, 0.05) is 18.9 Å². The molecule has 1 amide bonds. The van der Waals surface area contributed by atoms with Crippen LogP contribution in [0, 0.1) is 11.3 Å². The summed E-state index contributed by atoms with van der Waals surface area (Å²) >= 11 is 0. The molecule has 2 rings (SSSR count). The maximum Gasteiger partial charge on any atom is 0.256 e. The van der Waals surface area contributed by atoms with Crippen LogP contribution in [0.3, 0.4) is 0 Å². The first-order valence-electron chi connectivity index (χ1n) is 6.58. The Labute approximate surface area is 127 Å². The van der Waals surface area contributed by atoms with Gasteiger partial charge in [-0.3, -0.25) is 4.79 Å². The van der Waals surface area contributed by atoms with Crippen LogP contribution in [0.4, 0.5) is 0 Å². The number of nitrogens with one attached hydrogen (secondary N) is 1. The van der Waals surface area contributed by atoms with Gasteiger partial charge in [-0.05, 0) is 17.7 Å². The minimum absolute atomic E-state index is 0.0855. The third-order valence-corrected chi connectivity index (χ3v) is 2.71. The molecule has 0 spiro atoms. The van der Waals surface area contributed by atoms with Crippen LogP contribution in [0.15, 0.2) is 36.7 Å². The standard InChI is InChI=1S/C15H14N4O3/c16-10-13-15(19-6-5-17-13)22-12-3-1-11(2-4-12)9-14(21)18-7-8-20/h1-6,20H,7-9H2,(H,18,21). The van der Waals surface area contributed by atoms with E-state index in [-0.39, 0.29) is 37.1 Å². The molecular formula is C15H14N4O3. The summed E-state index contributed by atoms with van der Waals surface area (Å²) in [6.07, 6.45) is 3.07. The van der Waals surface area contributed by atoms with Crippen LogP contribution < -0.4 is 10.1 Å². The highest BCUT2D eigenvalue weighted by Crippen LogP contribution is 2.21. The predicted octanol–water partition coefficient (Wildman–Crippen LogP) is 0.792. The Kier molecular flexibility index (Phi) is 5.40. The topological polar surface area (TPSA) is 108 Å². The van der Waals surface area contributed by atoms with E-state index in [1.165, 1.54) is 12.4 Å². The molecule has 22 heavy (non-hydrogen) atoms. The molecule has 7 heteroatoms. The summed E-state index contributed by atoms with van der Waals surface area (Å²) in [5.74, 6) is 0.471. The van der Waals surface area contributed by atoms with Gasteiger partial charge >= 0.3 is 0 Å². The largest absolute Gasteiger partial charge is 0.437 e. The molecule has 0 saturated carbocycles. The van der Waals surface area contributed by atoms with Gasteiger partial charge in [0.2, 0.25) is 11.6 Å². The molecule has 0 bridgehead atoms. The molecule has 7 nitrogen and oxygen atoms in total. The van der Waals surface area contributed by atoms with Gasteiger partial charge in [-0.15, -0.1) is 0 Å². The van der Waals surface area contributed by atoms with Crippen molar-refractivity contribution in [2.45, 2.75) is 6.42 Å². The number of nitriles is 1. The summed E-state index contributed by atoms with van der Waals surface area (Å²) in [5, 5.41) is 20.1. The monoisotopic (exact) mass is 298 g/mol. The molecule has 0 radical (unpaired) electrons. The number of hydrogen-bond donors (Lipinski definition) is 2. The highest BCUT2D eigenvalue weighted by atomic mass is 16.5. The smallest absolute Gasteiger partial charge is 0.256 e. The van der Waals surface area contributed by atoms with E-state index in [1.807, 2.05) is 6.07 Å². The second kappa shape index (κ2) is 7.71.